The van der Waals surface area contributed by atoms with Gasteiger partial charge in [-0.05, 0) is 19.1 Å². The van der Waals surface area contributed by atoms with Gasteiger partial charge in [-0.25, -0.2) is 12.7 Å². The Morgan fingerprint density at radius 3 is 2.35 bits per heavy atom. The van der Waals surface area contributed by atoms with Crippen molar-refractivity contribution in [1.29, 1.82) is 0 Å². The average molecular weight is 255 g/mol. The Morgan fingerprint density at radius 2 is 1.88 bits per heavy atom. The molecular formula is C11H13NO4S. The summed E-state index contributed by atoms with van der Waals surface area (Å²) in [6.07, 6.45) is -1.04. The molecule has 1 atom stereocenters. The van der Waals surface area contributed by atoms with Gasteiger partial charge in [-0.3, -0.25) is 4.79 Å². The lowest BCUT2D eigenvalue weighted by Gasteiger charge is -2.16. The molecule has 1 unspecified atom stereocenters. The number of aryl methyl sites for hydroxylation is 1. The number of nitrogens with zero attached hydrogens (tertiary/aromatic N) is 1. The smallest absolute Gasteiger partial charge is 0.266 e. The number of carbonyl (C=O) groups excluding carboxylic acids is 1. The second-order valence-corrected chi connectivity index (χ2v) is 5.90. The van der Waals surface area contributed by atoms with Crippen LogP contribution in [0.5, 0.6) is 0 Å². The molecule has 1 amide bonds. The lowest BCUT2D eigenvalue weighted by Crippen LogP contribution is -2.35. The maximum atomic E-state index is 12.1. The summed E-state index contributed by atoms with van der Waals surface area (Å²) in [7, 11) is -3.81. The molecule has 1 aromatic carbocycles. The zero-order valence-electron chi connectivity index (χ0n) is 9.33. The molecule has 6 heteroatoms. The van der Waals surface area contributed by atoms with Crippen molar-refractivity contribution in [3.63, 3.8) is 0 Å². The standard InChI is InChI=1S/C11H13NO4S/c1-8-2-4-9(5-3-8)17(15,16)12-7-6-10(13)11(12)14/h2-5,10,13H,6-7H2,1H3. The fourth-order valence-electron chi connectivity index (χ4n) is 1.72. The van der Waals surface area contributed by atoms with E-state index in [0.29, 0.717) is 0 Å². The number of benzene rings is 1. The van der Waals surface area contributed by atoms with Gasteiger partial charge in [0.05, 0.1) is 4.90 Å². The molecule has 0 aromatic heterocycles. The van der Waals surface area contributed by atoms with Crippen LogP contribution in [0.1, 0.15) is 12.0 Å². The predicted octanol–water partition coefficient (Wildman–Crippen LogP) is 0.277. The summed E-state index contributed by atoms with van der Waals surface area (Å²) in [4.78, 5) is 11.6. The maximum Gasteiger partial charge on any atom is 0.266 e. The molecule has 1 N–H and O–H groups in total. The lowest BCUT2D eigenvalue weighted by molar-refractivity contribution is -0.130. The summed E-state index contributed by atoms with van der Waals surface area (Å²) in [6.45, 7) is 1.89. The van der Waals surface area contributed by atoms with E-state index in [1.807, 2.05) is 6.92 Å². The minimum absolute atomic E-state index is 0.0379. The van der Waals surface area contributed by atoms with Crippen molar-refractivity contribution in [2.24, 2.45) is 0 Å². The first-order valence-electron chi connectivity index (χ1n) is 5.24. The van der Waals surface area contributed by atoms with Crippen molar-refractivity contribution in [1.82, 2.24) is 4.31 Å². The van der Waals surface area contributed by atoms with Crippen LogP contribution in [0.15, 0.2) is 29.2 Å². The van der Waals surface area contributed by atoms with Gasteiger partial charge in [-0.15, -0.1) is 0 Å². The lowest BCUT2D eigenvalue weighted by atomic mass is 10.2. The van der Waals surface area contributed by atoms with Crippen LogP contribution in [-0.2, 0) is 14.8 Å². The van der Waals surface area contributed by atoms with Crippen molar-refractivity contribution in [3.8, 4) is 0 Å². The van der Waals surface area contributed by atoms with Gasteiger partial charge in [0.2, 0.25) is 0 Å². The van der Waals surface area contributed by atoms with E-state index in [9.17, 15) is 18.3 Å². The number of rotatable bonds is 2. The molecule has 92 valence electrons. The van der Waals surface area contributed by atoms with E-state index >= 15 is 0 Å². The van der Waals surface area contributed by atoms with Crippen LogP contribution in [0, 0.1) is 6.92 Å². The first kappa shape index (κ1) is 12.1. The summed E-state index contributed by atoms with van der Waals surface area (Å²) in [5.74, 6) is -0.745. The number of aliphatic hydroxyl groups is 1. The van der Waals surface area contributed by atoms with Crippen LogP contribution < -0.4 is 0 Å². The molecule has 1 aliphatic heterocycles. The normalized spacial score (nSPS) is 20.9. The molecule has 0 bridgehead atoms. The Balaban J connectivity index is 2.37. The van der Waals surface area contributed by atoms with Crippen LogP contribution >= 0.6 is 0 Å². The summed E-state index contributed by atoms with van der Waals surface area (Å²) in [5.41, 5.74) is 0.941. The van der Waals surface area contributed by atoms with E-state index in [0.717, 1.165) is 9.87 Å². The van der Waals surface area contributed by atoms with E-state index in [4.69, 9.17) is 0 Å². The second kappa shape index (κ2) is 4.12. The second-order valence-electron chi connectivity index (χ2n) is 4.03. The average Bonchev–Trinajstić information content (AvgIpc) is 2.61. The van der Waals surface area contributed by atoms with E-state index in [1.54, 1.807) is 12.1 Å². The first-order chi connectivity index (χ1) is 7.93. The molecule has 1 heterocycles. The van der Waals surface area contributed by atoms with Gasteiger partial charge in [-0.2, -0.15) is 0 Å². The van der Waals surface area contributed by atoms with Crippen LogP contribution in [0.3, 0.4) is 0 Å². The minimum Gasteiger partial charge on any atom is -0.383 e. The highest BCUT2D eigenvalue weighted by Gasteiger charge is 2.38. The number of amides is 1. The van der Waals surface area contributed by atoms with E-state index in [1.165, 1.54) is 12.1 Å². The zero-order valence-corrected chi connectivity index (χ0v) is 10.1. The molecule has 0 aliphatic carbocycles. The maximum absolute atomic E-state index is 12.1. The number of hydrogen-bond acceptors (Lipinski definition) is 4. The molecule has 0 radical (unpaired) electrons. The van der Waals surface area contributed by atoms with Crippen molar-refractivity contribution in [2.75, 3.05) is 6.54 Å². The summed E-state index contributed by atoms with van der Waals surface area (Å²) < 4.78 is 24.9. The third kappa shape index (κ3) is 2.05. The topological polar surface area (TPSA) is 74.7 Å². The molecule has 0 spiro atoms. The monoisotopic (exact) mass is 255 g/mol. The Labute approximate surface area is 99.7 Å². The number of hydrogen-bond donors (Lipinski definition) is 1. The fourth-order valence-corrected chi connectivity index (χ4v) is 3.15. The quantitative estimate of drug-likeness (QED) is 0.823. The molecule has 1 saturated heterocycles. The van der Waals surface area contributed by atoms with Gasteiger partial charge >= 0.3 is 0 Å². The molecule has 1 fully saturated rings. The number of aliphatic hydroxyl groups excluding tert-OH is 1. The molecule has 1 aromatic rings. The van der Waals surface area contributed by atoms with Gasteiger partial charge < -0.3 is 5.11 Å². The molecule has 1 aliphatic rings. The third-order valence-corrected chi connectivity index (χ3v) is 4.56. The van der Waals surface area contributed by atoms with Crippen molar-refractivity contribution < 1.29 is 18.3 Å². The Morgan fingerprint density at radius 1 is 1.29 bits per heavy atom. The molecular weight excluding hydrogens is 242 g/mol. The van der Waals surface area contributed by atoms with E-state index in [-0.39, 0.29) is 17.9 Å². The SMILES string of the molecule is Cc1ccc(S(=O)(=O)N2CCC(O)C2=O)cc1. The molecule has 2 rings (SSSR count). The Hall–Kier alpha value is -1.40. The highest BCUT2D eigenvalue weighted by Crippen LogP contribution is 2.22. The number of sulfonamides is 1. The van der Waals surface area contributed by atoms with Crippen molar-refractivity contribution in [2.45, 2.75) is 24.3 Å². The van der Waals surface area contributed by atoms with E-state index < -0.39 is 22.0 Å². The summed E-state index contributed by atoms with van der Waals surface area (Å²) >= 11 is 0. The Bertz CT molecular complexity index is 535. The predicted molar refractivity (Wildman–Crippen MR) is 60.7 cm³/mol. The van der Waals surface area contributed by atoms with Gasteiger partial charge in [0.1, 0.15) is 6.10 Å². The first-order valence-corrected chi connectivity index (χ1v) is 6.68. The highest BCUT2D eigenvalue weighted by molar-refractivity contribution is 7.89. The molecule has 5 nitrogen and oxygen atoms in total. The van der Waals surface area contributed by atoms with Gasteiger partial charge in [0.15, 0.2) is 0 Å². The van der Waals surface area contributed by atoms with Crippen LogP contribution in [0.25, 0.3) is 0 Å². The molecule has 0 saturated carbocycles. The van der Waals surface area contributed by atoms with Gasteiger partial charge in [0.25, 0.3) is 15.9 Å². The van der Waals surface area contributed by atoms with Crippen LogP contribution in [0.2, 0.25) is 0 Å². The highest BCUT2D eigenvalue weighted by atomic mass is 32.2. The van der Waals surface area contributed by atoms with Gasteiger partial charge in [0, 0.05) is 13.0 Å². The van der Waals surface area contributed by atoms with E-state index in [2.05, 4.69) is 0 Å². The summed E-state index contributed by atoms with van der Waals surface area (Å²) in [5, 5.41) is 9.27. The minimum atomic E-state index is -3.81. The van der Waals surface area contributed by atoms with Gasteiger partial charge in [-0.1, -0.05) is 17.7 Å². The van der Waals surface area contributed by atoms with Crippen LogP contribution in [-0.4, -0.2) is 36.4 Å². The zero-order chi connectivity index (χ0) is 12.6. The third-order valence-electron chi connectivity index (χ3n) is 2.75. The summed E-state index contributed by atoms with van der Waals surface area (Å²) in [6, 6.07) is 6.26. The number of carbonyl (C=O) groups is 1. The van der Waals surface area contributed by atoms with Crippen molar-refractivity contribution >= 4 is 15.9 Å². The molecule has 17 heavy (non-hydrogen) atoms. The largest absolute Gasteiger partial charge is 0.383 e. The Kier molecular flexibility index (Phi) is 2.92. The van der Waals surface area contributed by atoms with Crippen molar-refractivity contribution in [3.05, 3.63) is 29.8 Å². The fraction of sp³-hybridized carbons (Fsp3) is 0.364. The van der Waals surface area contributed by atoms with Crippen LogP contribution in [0.4, 0.5) is 0 Å².